The van der Waals surface area contributed by atoms with E-state index in [1.807, 2.05) is 12.1 Å². The van der Waals surface area contributed by atoms with Crippen molar-refractivity contribution in [2.45, 2.75) is 6.04 Å². The molecule has 0 unspecified atom stereocenters. The van der Waals surface area contributed by atoms with Crippen molar-refractivity contribution in [3.8, 4) is 17.1 Å². The highest BCUT2D eigenvalue weighted by Gasteiger charge is 2.25. The number of pyridine rings is 2. The first-order valence-electron chi connectivity index (χ1n) is 9.99. The second-order valence-corrected chi connectivity index (χ2v) is 7.35. The fraction of sp³-hybridized carbons (Fsp3) is 0.227. The number of anilines is 1. The van der Waals surface area contributed by atoms with Gasteiger partial charge in [0.25, 0.3) is 0 Å². The van der Waals surface area contributed by atoms with E-state index in [4.69, 9.17) is 4.98 Å². The van der Waals surface area contributed by atoms with E-state index in [2.05, 4.69) is 20.2 Å². The quantitative estimate of drug-likeness (QED) is 0.526. The molecule has 1 saturated heterocycles. The van der Waals surface area contributed by atoms with Crippen LogP contribution in [0.5, 0.6) is 0 Å². The Labute approximate surface area is 177 Å². The number of hydrogen-bond acceptors (Lipinski definition) is 6. The fourth-order valence-corrected chi connectivity index (χ4v) is 3.92. The Balaban J connectivity index is 1.73. The molecule has 1 aliphatic heterocycles. The normalized spacial score (nSPS) is 16.7. The number of fused-ring (bicyclic) bond motifs is 1. The molecule has 2 N–H and O–H groups in total. The third kappa shape index (κ3) is 3.51. The maximum Gasteiger partial charge on any atom is 0.167 e. The maximum absolute atomic E-state index is 14.7. The third-order valence-electron chi connectivity index (χ3n) is 5.44. The van der Waals surface area contributed by atoms with Crippen LogP contribution in [-0.2, 0) is 0 Å². The molecule has 3 aromatic heterocycles. The Morgan fingerprint density at radius 3 is 2.68 bits per heavy atom. The van der Waals surface area contributed by atoms with Gasteiger partial charge in [0, 0.05) is 38.1 Å². The first kappa shape index (κ1) is 19.5. The van der Waals surface area contributed by atoms with E-state index in [0.717, 1.165) is 12.6 Å². The Hall–Kier alpha value is -3.43. The van der Waals surface area contributed by atoms with Crippen molar-refractivity contribution in [2.24, 2.45) is 0 Å². The molecule has 7 nitrogen and oxygen atoms in total. The van der Waals surface area contributed by atoms with Crippen LogP contribution in [0.3, 0.4) is 0 Å². The lowest BCUT2D eigenvalue weighted by atomic mass is 10.2. The number of imidazole rings is 1. The zero-order valence-electron chi connectivity index (χ0n) is 16.5. The number of aliphatic hydroxyl groups is 1. The molecule has 158 valence electrons. The standard InChI is InChI=1S/C22H20F2N6O/c23-14-1-2-17(18(24)11-14)21-27-19-3-4-20(29-10-9-26-12-16(29)13-31)28-22(19)30(21)15-5-7-25-8-6-15/h1-8,11,16,26,31H,9-10,12-13H2/t16-/m0/s1. The van der Waals surface area contributed by atoms with Gasteiger partial charge < -0.3 is 15.3 Å². The smallest absolute Gasteiger partial charge is 0.167 e. The number of nitrogens with one attached hydrogen (secondary N) is 1. The summed E-state index contributed by atoms with van der Waals surface area (Å²) in [6.07, 6.45) is 3.27. The molecule has 4 heterocycles. The van der Waals surface area contributed by atoms with E-state index in [1.54, 1.807) is 29.1 Å². The highest BCUT2D eigenvalue weighted by atomic mass is 19.1. The third-order valence-corrected chi connectivity index (χ3v) is 5.44. The average Bonchev–Trinajstić information content (AvgIpc) is 3.18. The topological polar surface area (TPSA) is 79.1 Å². The van der Waals surface area contributed by atoms with Gasteiger partial charge in [0.15, 0.2) is 5.65 Å². The molecule has 31 heavy (non-hydrogen) atoms. The molecule has 1 aliphatic rings. The predicted molar refractivity (Wildman–Crippen MR) is 113 cm³/mol. The summed E-state index contributed by atoms with van der Waals surface area (Å²) in [5, 5.41) is 13.0. The van der Waals surface area contributed by atoms with Crippen LogP contribution in [-0.4, -0.2) is 56.9 Å². The van der Waals surface area contributed by atoms with Crippen molar-refractivity contribution in [2.75, 3.05) is 31.1 Å². The van der Waals surface area contributed by atoms with Gasteiger partial charge in [-0.3, -0.25) is 9.55 Å². The largest absolute Gasteiger partial charge is 0.394 e. The summed E-state index contributed by atoms with van der Waals surface area (Å²) in [6.45, 7) is 2.15. The monoisotopic (exact) mass is 422 g/mol. The molecule has 0 spiro atoms. The van der Waals surface area contributed by atoms with Crippen LogP contribution in [0.4, 0.5) is 14.6 Å². The van der Waals surface area contributed by atoms with Gasteiger partial charge in [-0.15, -0.1) is 0 Å². The molecular weight excluding hydrogens is 402 g/mol. The second kappa shape index (κ2) is 8.01. The van der Waals surface area contributed by atoms with Gasteiger partial charge in [-0.1, -0.05) is 0 Å². The van der Waals surface area contributed by atoms with Gasteiger partial charge in [-0.05, 0) is 36.4 Å². The van der Waals surface area contributed by atoms with E-state index in [1.165, 1.54) is 12.1 Å². The molecule has 0 radical (unpaired) electrons. The highest BCUT2D eigenvalue weighted by Crippen LogP contribution is 2.31. The SMILES string of the molecule is OC[C@@H]1CNCCN1c1ccc2nc(-c3ccc(F)cc3F)n(-c3ccncc3)c2n1. The van der Waals surface area contributed by atoms with Gasteiger partial charge in [0.1, 0.15) is 28.8 Å². The van der Waals surface area contributed by atoms with E-state index < -0.39 is 11.6 Å². The Morgan fingerprint density at radius 1 is 1.06 bits per heavy atom. The first-order chi connectivity index (χ1) is 15.2. The number of hydrogen-bond donors (Lipinski definition) is 2. The molecule has 1 fully saturated rings. The second-order valence-electron chi connectivity index (χ2n) is 7.35. The van der Waals surface area contributed by atoms with E-state index in [0.29, 0.717) is 41.6 Å². The lowest BCUT2D eigenvalue weighted by molar-refractivity contribution is 0.246. The van der Waals surface area contributed by atoms with Crippen LogP contribution in [0, 0.1) is 11.6 Å². The predicted octanol–water partition coefficient (Wildman–Crippen LogP) is 2.53. The Kier molecular flexibility index (Phi) is 5.05. The van der Waals surface area contributed by atoms with Crippen molar-refractivity contribution in [3.05, 3.63) is 66.5 Å². The molecule has 1 atom stereocenters. The Bertz CT molecular complexity index is 1230. The van der Waals surface area contributed by atoms with Crippen molar-refractivity contribution in [1.29, 1.82) is 0 Å². The van der Waals surface area contributed by atoms with Crippen molar-refractivity contribution >= 4 is 17.0 Å². The van der Waals surface area contributed by atoms with Crippen LogP contribution in [0.2, 0.25) is 0 Å². The minimum atomic E-state index is -0.701. The van der Waals surface area contributed by atoms with Crippen LogP contribution in [0.1, 0.15) is 0 Å². The number of halogens is 2. The van der Waals surface area contributed by atoms with E-state index >= 15 is 0 Å². The molecule has 5 rings (SSSR count). The summed E-state index contributed by atoms with van der Waals surface area (Å²) in [7, 11) is 0. The number of nitrogens with zero attached hydrogens (tertiary/aromatic N) is 5. The highest BCUT2D eigenvalue weighted by molar-refractivity contribution is 5.81. The number of rotatable bonds is 4. The van der Waals surface area contributed by atoms with Crippen molar-refractivity contribution < 1.29 is 13.9 Å². The summed E-state index contributed by atoms with van der Waals surface area (Å²) < 4.78 is 29.9. The lowest BCUT2D eigenvalue weighted by Crippen LogP contribution is -2.53. The maximum atomic E-state index is 14.7. The van der Waals surface area contributed by atoms with Gasteiger partial charge in [0.2, 0.25) is 0 Å². The van der Waals surface area contributed by atoms with Crippen molar-refractivity contribution in [3.63, 3.8) is 0 Å². The van der Waals surface area contributed by atoms with E-state index in [-0.39, 0.29) is 18.2 Å². The van der Waals surface area contributed by atoms with Crippen molar-refractivity contribution in [1.82, 2.24) is 24.8 Å². The average molecular weight is 422 g/mol. The number of piperazine rings is 1. The zero-order chi connectivity index (χ0) is 21.4. The summed E-state index contributed by atoms with van der Waals surface area (Å²) in [5.74, 6) is -0.327. The van der Waals surface area contributed by atoms with Crippen LogP contribution >= 0.6 is 0 Å². The Morgan fingerprint density at radius 2 is 1.90 bits per heavy atom. The molecule has 0 amide bonds. The molecule has 9 heteroatoms. The molecule has 1 aromatic carbocycles. The summed E-state index contributed by atoms with van der Waals surface area (Å²) in [4.78, 5) is 15.6. The molecule has 4 aromatic rings. The van der Waals surface area contributed by atoms with Gasteiger partial charge in [0.05, 0.1) is 23.9 Å². The van der Waals surface area contributed by atoms with Gasteiger partial charge in [-0.2, -0.15) is 0 Å². The molecule has 0 aliphatic carbocycles. The first-order valence-corrected chi connectivity index (χ1v) is 9.99. The van der Waals surface area contributed by atoms with Crippen LogP contribution in [0.15, 0.2) is 54.9 Å². The van der Waals surface area contributed by atoms with Gasteiger partial charge >= 0.3 is 0 Å². The summed E-state index contributed by atoms with van der Waals surface area (Å²) >= 11 is 0. The summed E-state index contributed by atoms with van der Waals surface area (Å²) in [5.41, 5.74) is 2.00. The fourth-order valence-electron chi connectivity index (χ4n) is 3.92. The number of aromatic nitrogens is 4. The van der Waals surface area contributed by atoms with Gasteiger partial charge in [-0.25, -0.2) is 18.7 Å². The van der Waals surface area contributed by atoms with Crippen LogP contribution < -0.4 is 10.2 Å². The summed E-state index contributed by atoms with van der Waals surface area (Å²) in [6, 6.07) is 10.6. The van der Waals surface area contributed by atoms with E-state index in [9.17, 15) is 13.9 Å². The lowest BCUT2D eigenvalue weighted by Gasteiger charge is -2.36. The zero-order valence-corrected chi connectivity index (χ0v) is 16.5. The molecule has 0 bridgehead atoms. The minimum absolute atomic E-state index is 0.00236. The minimum Gasteiger partial charge on any atom is -0.394 e. The number of aliphatic hydroxyl groups excluding tert-OH is 1. The molecular formula is C22H20F2N6O. The number of benzene rings is 1. The molecule has 0 saturated carbocycles. The van der Waals surface area contributed by atoms with Crippen LogP contribution in [0.25, 0.3) is 28.2 Å².